The number of terminal acetylenes is 1. The molecule has 1 N–H and O–H groups in total. The van der Waals surface area contributed by atoms with Gasteiger partial charge in [-0.1, -0.05) is 23.6 Å². The van der Waals surface area contributed by atoms with Gasteiger partial charge in [-0.15, -0.1) is 6.42 Å². The van der Waals surface area contributed by atoms with Crippen molar-refractivity contribution in [3.8, 4) is 12.3 Å². The van der Waals surface area contributed by atoms with Crippen LogP contribution in [-0.4, -0.2) is 25.3 Å². The van der Waals surface area contributed by atoms with Crippen LogP contribution in [0.3, 0.4) is 0 Å². The summed E-state index contributed by atoms with van der Waals surface area (Å²) in [7, 11) is -3.59. The minimum atomic E-state index is -3.59. The van der Waals surface area contributed by atoms with Crippen LogP contribution in [0.15, 0.2) is 24.3 Å². The maximum Gasteiger partial charge on any atom is 0.242 e. The van der Waals surface area contributed by atoms with Gasteiger partial charge in [0.2, 0.25) is 5.91 Å². The van der Waals surface area contributed by atoms with Crippen molar-refractivity contribution in [2.75, 3.05) is 11.1 Å². The molecular weight excluding hydrogens is 250 g/mol. The first-order valence-corrected chi connectivity index (χ1v) is 7.11. The van der Waals surface area contributed by atoms with Crippen LogP contribution in [0.5, 0.6) is 0 Å². The molecule has 1 rings (SSSR count). The van der Waals surface area contributed by atoms with Gasteiger partial charge in [-0.05, 0) is 26.0 Å². The summed E-state index contributed by atoms with van der Waals surface area (Å²) in [5, 5.41) is 1.39. The third-order valence-corrected chi connectivity index (χ3v) is 4.37. The molecule has 0 heterocycles. The highest BCUT2D eigenvalue weighted by molar-refractivity contribution is 7.93. The number of benzene rings is 1. The van der Waals surface area contributed by atoms with Crippen LogP contribution < -0.4 is 5.32 Å². The number of aryl methyl sites for hydroxylation is 1. The van der Waals surface area contributed by atoms with Crippen LogP contribution in [0, 0.1) is 19.3 Å². The summed E-state index contributed by atoms with van der Waals surface area (Å²) in [4.78, 5) is 11.8. The van der Waals surface area contributed by atoms with E-state index < -0.39 is 26.7 Å². The quantitative estimate of drug-likeness (QED) is 0.836. The highest BCUT2D eigenvalue weighted by Gasteiger charge is 2.27. The molecule has 0 aliphatic carbocycles. The van der Waals surface area contributed by atoms with Gasteiger partial charge in [-0.3, -0.25) is 4.79 Å². The highest BCUT2D eigenvalue weighted by Crippen LogP contribution is 2.11. The topological polar surface area (TPSA) is 63.2 Å². The number of nitrogens with one attached hydrogen (secondary N) is 1. The summed E-state index contributed by atoms with van der Waals surface area (Å²) in [5.74, 6) is 1.04. The average Bonchev–Trinajstić information content (AvgIpc) is 2.31. The van der Waals surface area contributed by atoms with Gasteiger partial charge in [0.25, 0.3) is 0 Å². The summed E-state index contributed by atoms with van der Waals surface area (Å²) in [6.07, 6.45) is 4.96. The molecule has 18 heavy (non-hydrogen) atoms. The zero-order valence-corrected chi connectivity index (χ0v) is 11.1. The fraction of sp³-hybridized carbons (Fsp3) is 0.308. The van der Waals surface area contributed by atoms with E-state index in [4.69, 9.17) is 6.42 Å². The number of sulfone groups is 1. The van der Waals surface area contributed by atoms with Crippen molar-refractivity contribution in [2.45, 2.75) is 19.1 Å². The second-order valence-corrected chi connectivity index (χ2v) is 6.33. The SMILES string of the molecule is C#CCS(=O)(=O)C(C)C(=O)Nc1ccc(C)cc1. The van der Waals surface area contributed by atoms with Gasteiger partial charge >= 0.3 is 0 Å². The van der Waals surface area contributed by atoms with Gasteiger partial charge in [-0.25, -0.2) is 8.42 Å². The second-order valence-electron chi connectivity index (χ2n) is 4.01. The second kappa shape index (κ2) is 5.69. The molecule has 1 atom stereocenters. The first-order valence-electron chi connectivity index (χ1n) is 5.39. The molecule has 0 aliphatic rings. The summed E-state index contributed by atoms with van der Waals surface area (Å²) in [6, 6.07) is 7.09. The van der Waals surface area contributed by atoms with Crippen LogP contribution in [0.2, 0.25) is 0 Å². The molecule has 0 bridgehead atoms. The van der Waals surface area contributed by atoms with Gasteiger partial charge < -0.3 is 5.32 Å². The predicted octanol–water partition coefficient (Wildman–Crippen LogP) is 1.37. The molecule has 1 amide bonds. The summed E-state index contributed by atoms with van der Waals surface area (Å²) >= 11 is 0. The lowest BCUT2D eigenvalue weighted by Crippen LogP contribution is -2.33. The Morgan fingerprint density at radius 3 is 2.44 bits per heavy atom. The largest absolute Gasteiger partial charge is 0.325 e. The fourth-order valence-electron chi connectivity index (χ4n) is 1.29. The Morgan fingerprint density at radius 2 is 1.94 bits per heavy atom. The predicted molar refractivity (Wildman–Crippen MR) is 71.9 cm³/mol. The van der Waals surface area contributed by atoms with Crippen LogP contribution in [0.25, 0.3) is 0 Å². The number of hydrogen-bond donors (Lipinski definition) is 1. The molecule has 0 aromatic heterocycles. The van der Waals surface area contributed by atoms with Crippen molar-refractivity contribution < 1.29 is 13.2 Å². The molecule has 1 aromatic rings. The van der Waals surface area contributed by atoms with Crippen molar-refractivity contribution in [3.05, 3.63) is 29.8 Å². The van der Waals surface area contributed by atoms with E-state index in [2.05, 4.69) is 5.32 Å². The number of anilines is 1. The van der Waals surface area contributed by atoms with Gasteiger partial charge in [0.1, 0.15) is 11.0 Å². The van der Waals surface area contributed by atoms with Crippen LogP contribution >= 0.6 is 0 Å². The number of rotatable bonds is 4. The molecule has 0 saturated heterocycles. The standard InChI is InChI=1S/C13H15NO3S/c1-4-9-18(16,17)11(3)13(15)14-12-7-5-10(2)6-8-12/h1,5-8,11H,9H2,2-3H3,(H,14,15). The zero-order valence-electron chi connectivity index (χ0n) is 10.3. The lowest BCUT2D eigenvalue weighted by atomic mass is 10.2. The third kappa shape index (κ3) is 3.60. The monoisotopic (exact) mass is 265 g/mol. The maximum absolute atomic E-state index is 11.8. The Labute approximate surface area is 107 Å². The average molecular weight is 265 g/mol. The van der Waals surface area contributed by atoms with Gasteiger partial charge in [0.05, 0.1) is 0 Å². The van der Waals surface area contributed by atoms with Crippen molar-refractivity contribution in [1.29, 1.82) is 0 Å². The van der Waals surface area contributed by atoms with Gasteiger partial charge in [-0.2, -0.15) is 0 Å². The molecule has 1 aromatic carbocycles. The molecule has 4 nitrogen and oxygen atoms in total. The van der Waals surface area contributed by atoms with E-state index >= 15 is 0 Å². The zero-order chi connectivity index (χ0) is 13.8. The number of carbonyl (C=O) groups excluding carboxylic acids is 1. The summed E-state index contributed by atoms with van der Waals surface area (Å²) in [6.45, 7) is 3.25. The highest BCUT2D eigenvalue weighted by atomic mass is 32.2. The maximum atomic E-state index is 11.8. The van der Waals surface area contributed by atoms with Crippen LogP contribution in [0.4, 0.5) is 5.69 Å². The van der Waals surface area contributed by atoms with Crippen LogP contribution in [0.1, 0.15) is 12.5 Å². The lowest BCUT2D eigenvalue weighted by molar-refractivity contribution is -0.115. The molecule has 1 unspecified atom stereocenters. The molecule has 0 saturated carbocycles. The molecule has 0 spiro atoms. The molecule has 5 heteroatoms. The van der Waals surface area contributed by atoms with E-state index in [1.165, 1.54) is 6.92 Å². The van der Waals surface area contributed by atoms with E-state index in [0.717, 1.165) is 5.56 Å². The Kier molecular flexibility index (Phi) is 4.51. The first-order chi connectivity index (χ1) is 8.36. The minimum absolute atomic E-state index is 0.435. The summed E-state index contributed by atoms with van der Waals surface area (Å²) < 4.78 is 23.2. The Hall–Kier alpha value is -1.80. The van der Waals surface area contributed by atoms with Crippen molar-refractivity contribution in [2.24, 2.45) is 0 Å². The Bertz CT molecular complexity index is 567. The van der Waals surface area contributed by atoms with Gasteiger partial charge in [0, 0.05) is 5.69 Å². The van der Waals surface area contributed by atoms with Crippen molar-refractivity contribution in [3.63, 3.8) is 0 Å². The lowest BCUT2D eigenvalue weighted by Gasteiger charge is -2.11. The molecule has 0 fully saturated rings. The van der Waals surface area contributed by atoms with Crippen molar-refractivity contribution in [1.82, 2.24) is 0 Å². The summed E-state index contributed by atoms with van der Waals surface area (Å²) in [5.41, 5.74) is 1.62. The number of hydrogen-bond acceptors (Lipinski definition) is 3. The van der Waals surface area contributed by atoms with Crippen LogP contribution in [-0.2, 0) is 14.6 Å². The van der Waals surface area contributed by atoms with E-state index in [1.807, 2.05) is 25.0 Å². The minimum Gasteiger partial charge on any atom is -0.325 e. The van der Waals surface area contributed by atoms with Gasteiger partial charge in [0.15, 0.2) is 9.84 Å². The normalized spacial score (nSPS) is 12.5. The van der Waals surface area contributed by atoms with Crippen molar-refractivity contribution >= 4 is 21.4 Å². The molecule has 0 radical (unpaired) electrons. The number of carbonyl (C=O) groups is 1. The fourth-order valence-corrected chi connectivity index (χ4v) is 2.15. The molecular formula is C13H15NO3S. The first kappa shape index (κ1) is 14.3. The smallest absolute Gasteiger partial charge is 0.242 e. The molecule has 0 aliphatic heterocycles. The van der Waals surface area contributed by atoms with E-state index in [-0.39, 0.29) is 0 Å². The third-order valence-electron chi connectivity index (χ3n) is 2.51. The Morgan fingerprint density at radius 1 is 1.39 bits per heavy atom. The van der Waals surface area contributed by atoms with E-state index in [0.29, 0.717) is 5.69 Å². The Balaban J connectivity index is 2.78. The molecule has 96 valence electrons. The number of amides is 1. The van der Waals surface area contributed by atoms with E-state index in [1.54, 1.807) is 12.1 Å². The van der Waals surface area contributed by atoms with E-state index in [9.17, 15) is 13.2 Å².